The summed E-state index contributed by atoms with van der Waals surface area (Å²) in [6.07, 6.45) is 0.968. The fourth-order valence-corrected chi connectivity index (χ4v) is 1.90. The summed E-state index contributed by atoms with van der Waals surface area (Å²) < 4.78 is 49.8. The molecule has 0 bridgehead atoms. The molecule has 0 saturated carbocycles. The van der Waals surface area contributed by atoms with E-state index >= 15 is 0 Å². The molecule has 1 rings (SSSR count). The summed E-state index contributed by atoms with van der Waals surface area (Å²) in [4.78, 5) is 3.57. The summed E-state index contributed by atoms with van der Waals surface area (Å²) in [5.74, 6) is -0.211. The Morgan fingerprint density at radius 1 is 1.47 bits per heavy atom. The van der Waals surface area contributed by atoms with Gasteiger partial charge in [-0.05, 0) is 28.1 Å². The molecule has 0 aliphatic carbocycles. The molecule has 0 aliphatic heterocycles. The first-order valence-corrected chi connectivity index (χ1v) is 6.30. The number of ether oxygens (including phenoxy) is 1. The highest BCUT2D eigenvalue weighted by atomic mass is 79.9. The minimum atomic E-state index is -3.45. The van der Waals surface area contributed by atoms with Crippen LogP contribution in [0.4, 0.5) is 8.78 Å². The minimum absolute atomic E-state index is 0.0780. The van der Waals surface area contributed by atoms with Gasteiger partial charge < -0.3 is 4.74 Å². The number of pyridine rings is 1. The molecule has 0 aliphatic rings. The number of halogens is 3. The predicted molar refractivity (Wildman–Crippen MR) is 51.7 cm³/mol. The zero-order chi connectivity index (χ0) is 11.6. The lowest BCUT2D eigenvalue weighted by Crippen LogP contribution is -2.05. The van der Waals surface area contributed by atoms with Crippen molar-refractivity contribution < 1.29 is 21.9 Å². The number of nitrogens with zero attached hydrogens (tertiary/aromatic N) is 1. The third-order valence-corrected chi connectivity index (χ3v) is 2.94. The van der Waals surface area contributed by atoms with E-state index in [2.05, 4.69) is 25.7 Å². The first-order valence-electron chi connectivity index (χ1n) is 3.62. The van der Waals surface area contributed by atoms with Crippen molar-refractivity contribution in [2.24, 2.45) is 0 Å². The SMILES string of the molecule is CS(=O)(=O)c1ccc(OC(F)F)c(Br)n1. The van der Waals surface area contributed by atoms with Crippen LogP contribution in [-0.4, -0.2) is 26.3 Å². The van der Waals surface area contributed by atoms with E-state index in [1.165, 1.54) is 0 Å². The third-order valence-electron chi connectivity index (χ3n) is 1.38. The number of aromatic nitrogens is 1. The van der Waals surface area contributed by atoms with E-state index < -0.39 is 16.4 Å². The number of sulfone groups is 1. The van der Waals surface area contributed by atoms with E-state index in [-0.39, 0.29) is 15.4 Å². The Kier molecular flexibility index (Phi) is 3.61. The number of rotatable bonds is 3. The molecule has 0 amide bonds. The Hall–Kier alpha value is -0.760. The molecule has 0 aromatic carbocycles. The average molecular weight is 302 g/mol. The van der Waals surface area contributed by atoms with Gasteiger partial charge in [0.05, 0.1) is 0 Å². The van der Waals surface area contributed by atoms with E-state index in [0.29, 0.717) is 0 Å². The van der Waals surface area contributed by atoms with E-state index in [1.807, 2.05) is 0 Å². The van der Waals surface area contributed by atoms with Gasteiger partial charge in [0.15, 0.2) is 20.6 Å². The normalized spacial score (nSPS) is 11.8. The largest absolute Gasteiger partial charge is 0.432 e. The van der Waals surface area contributed by atoms with Crippen LogP contribution in [0, 0.1) is 0 Å². The molecule has 8 heteroatoms. The molecule has 15 heavy (non-hydrogen) atoms. The quantitative estimate of drug-likeness (QED) is 0.800. The molecular formula is C7H6BrF2NO3S. The van der Waals surface area contributed by atoms with Crippen molar-refractivity contribution in [2.75, 3.05) is 6.26 Å². The monoisotopic (exact) mass is 301 g/mol. The van der Waals surface area contributed by atoms with Crippen molar-refractivity contribution >= 4 is 25.8 Å². The highest BCUT2D eigenvalue weighted by Crippen LogP contribution is 2.25. The fraction of sp³-hybridized carbons (Fsp3) is 0.286. The number of hydrogen-bond donors (Lipinski definition) is 0. The Morgan fingerprint density at radius 2 is 2.07 bits per heavy atom. The number of hydrogen-bond acceptors (Lipinski definition) is 4. The molecule has 0 N–H and O–H groups in total. The van der Waals surface area contributed by atoms with Gasteiger partial charge in [-0.3, -0.25) is 0 Å². The van der Waals surface area contributed by atoms with E-state index in [1.54, 1.807) is 0 Å². The standard InChI is InChI=1S/C7H6BrF2NO3S/c1-15(12,13)5-3-2-4(6(8)11-5)14-7(9)10/h2-3,7H,1H3. The molecule has 84 valence electrons. The smallest absolute Gasteiger partial charge is 0.387 e. The minimum Gasteiger partial charge on any atom is -0.432 e. The first kappa shape index (κ1) is 12.3. The lowest BCUT2D eigenvalue weighted by atomic mass is 10.5. The summed E-state index contributed by atoms with van der Waals surface area (Å²) >= 11 is 2.83. The molecule has 0 saturated heterocycles. The maximum Gasteiger partial charge on any atom is 0.387 e. The summed E-state index contributed by atoms with van der Waals surface area (Å²) in [7, 11) is -3.45. The van der Waals surface area contributed by atoms with Gasteiger partial charge in [0.1, 0.15) is 4.60 Å². The van der Waals surface area contributed by atoms with Crippen molar-refractivity contribution in [3.05, 3.63) is 16.7 Å². The zero-order valence-electron chi connectivity index (χ0n) is 7.45. The maximum atomic E-state index is 11.8. The van der Waals surface area contributed by atoms with Crippen molar-refractivity contribution in [3.63, 3.8) is 0 Å². The topological polar surface area (TPSA) is 56.3 Å². The number of alkyl halides is 2. The van der Waals surface area contributed by atoms with E-state index in [0.717, 1.165) is 18.4 Å². The Labute approximate surface area is 93.3 Å². The predicted octanol–water partition coefficient (Wildman–Crippen LogP) is 1.85. The van der Waals surface area contributed by atoms with Gasteiger partial charge in [0.2, 0.25) is 0 Å². The second-order valence-corrected chi connectivity index (χ2v) is 5.30. The average Bonchev–Trinajstić information content (AvgIpc) is 2.05. The van der Waals surface area contributed by atoms with Crippen LogP contribution in [0.2, 0.25) is 0 Å². The van der Waals surface area contributed by atoms with Crippen LogP contribution < -0.4 is 4.74 Å². The van der Waals surface area contributed by atoms with E-state index in [4.69, 9.17) is 0 Å². The molecule has 1 aromatic heterocycles. The van der Waals surface area contributed by atoms with Crippen LogP contribution >= 0.6 is 15.9 Å². The summed E-state index contributed by atoms with van der Waals surface area (Å²) in [5, 5.41) is -0.212. The van der Waals surface area contributed by atoms with Crippen LogP contribution in [0.15, 0.2) is 21.8 Å². The molecular weight excluding hydrogens is 296 g/mol. The Bertz CT molecular complexity index is 463. The van der Waals surface area contributed by atoms with Crippen LogP contribution in [0.3, 0.4) is 0 Å². The third kappa shape index (κ3) is 3.38. The molecule has 0 atom stereocenters. The van der Waals surface area contributed by atoms with Gasteiger partial charge in [-0.1, -0.05) is 0 Å². The van der Waals surface area contributed by atoms with Crippen LogP contribution in [0.1, 0.15) is 0 Å². The molecule has 0 spiro atoms. The van der Waals surface area contributed by atoms with Gasteiger partial charge in [-0.25, -0.2) is 13.4 Å². The van der Waals surface area contributed by atoms with Crippen LogP contribution in [0.5, 0.6) is 5.75 Å². The van der Waals surface area contributed by atoms with Gasteiger partial charge in [0, 0.05) is 6.26 Å². The van der Waals surface area contributed by atoms with Crippen molar-refractivity contribution in [1.82, 2.24) is 4.98 Å². The molecule has 0 radical (unpaired) electrons. The van der Waals surface area contributed by atoms with Crippen molar-refractivity contribution in [3.8, 4) is 5.75 Å². The molecule has 0 unspecified atom stereocenters. The molecule has 4 nitrogen and oxygen atoms in total. The second-order valence-electron chi connectivity index (χ2n) is 2.59. The van der Waals surface area contributed by atoms with Crippen molar-refractivity contribution in [2.45, 2.75) is 11.6 Å². The summed E-state index contributed by atoms with van der Waals surface area (Å²) in [6.45, 7) is -2.98. The molecule has 0 fully saturated rings. The van der Waals surface area contributed by atoms with Gasteiger partial charge in [0.25, 0.3) is 0 Å². The first-order chi connectivity index (χ1) is 6.80. The van der Waals surface area contributed by atoms with Crippen LogP contribution in [0.25, 0.3) is 0 Å². The maximum absolute atomic E-state index is 11.8. The zero-order valence-corrected chi connectivity index (χ0v) is 9.85. The summed E-state index contributed by atoms with van der Waals surface area (Å²) in [5.41, 5.74) is 0. The lowest BCUT2D eigenvalue weighted by molar-refractivity contribution is -0.0506. The van der Waals surface area contributed by atoms with Crippen molar-refractivity contribution in [1.29, 1.82) is 0 Å². The Morgan fingerprint density at radius 3 is 2.47 bits per heavy atom. The Balaban J connectivity index is 3.09. The van der Waals surface area contributed by atoms with Gasteiger partial charge in [-0.2, -0.15) is 8.78 Å². The molecule has 1 aromatic rings. The van der Waals surface area contributed by atoms with Crippen LogP contribution in [-0.2, 0) is 9.84 Å². The summed E-state index contributed by atoms with van der Waals surface area (Å²) in [6, 6.07) is 2.21. The highest BCUT2D eigenvalue weighted by molar-refractivity contribution is 9.10. The second kappa shape index (κ2) is 4.40. The highest BCUT2D eigenvalue weighted by Gasteiger charge is 2.14. The van der Waals surface area contributed by atoms with Gasteiger partial charge in [-0.15, -0.1) is 0 Å². The lowest BCUT2D eigenvalue weighted by Gasteiger charge is -2.06. The van der Waals surface area contributed by atoms with Gasteiger partial charge >= 0.3 is 6.61 Å². The molecule has 1 heterocycles. The fourth-order valence-electron chi connectivity index (χ4n) is 0.795. The van der Waals surface area contributed by atoms with E-state index in [9.17, 15) is 17.2 Å².